The number of anilines is 1. The molecule has 0 spiro atoms. The minimum absolute atomic E-state index is 0.604. The van der Waals surface area contributed by atoms with E-state index in [9.17, 15) is 0 Å². The maximum absolute atomic E-state index is 5.84. The van der Waals surface area contributed by atoms with E-state index in [0.717, 1.165) is 5.92 Å². The van der Waals surface area contributed by atoms with Gasteiger partial charge in [-0.3, -0.25) is 0 Å². The molecule has 0 aromatic heterocycles. The lowest BCUT2D eigenvalue weighted by Gasteiger charge is -2.32. The molecule has 0 aliphatic heterocycles. The van der Waals surface area contributed by atoms with Gasteiger partial charge in [-0.2, -0.15) is 0 Å². The Labute approximate surface area is 115 Å². The van der Waals surface area contributed by atoms with Crippen molar-refractivity contribution >= 4 is 16.5 Å². The lowest BCUT2D eigenvalue weighted by Crippen LogP contribution is -2.29. The molecule has 1 aliphatic rings. The summed E-state index contributed by atoms with van der Waals surface area (Å²) >= 11 is 0. The van der Waals surface area contributed by atoms with Crippen molar-refractivity contribution in [2.75, 3.05) is 18.5 Å². The van der Waals surface area contributed by atoms with E-state index in [1.807, 2.05) is 0 Å². The number of benzene rings is 2. The predicted octanol–water partition coefficient (Wildman–Crippen LogP) is 3.53. The quantitative estimate of drug-likeness (QED) is 0.904. The van der Waals surface area contributed by atoms with Gasteiger partial charge >= 0.3 is 0 Å². The van der Waals surface area contributed by atoms with E-state index in [1.165, 1.54) is 47.8 Å². The highest BCUT2D eigenvalue weighted by Crippen LogP contribution is 2.32. The van der Waals surface area contributed by atoms with Gasteiger partial charge in [-0.15, -0.1) is 0 Å². The highest BCUT2D eigenvalue weighted by molar-refractivity contribution is 5.96. The standard InChI is InChI=1S/C17H22N2/c1-19(12-13-5-4-6-13)17-10-9-14(11-18)15-7-2-3-8-16(15)17/h2-3,7-10,13H,4-6,11-12,18H2,1H3. The first kappa shape index (κ1) is 12.5. The van der Waals surface area contributed by atoms with Gasteiger partial charge in [-0.25, -0.2) is 0 Å². The Morgan fingerprint density at radius 3 is 2.47 bits per heavy atom. The molecule has 2 N–H and O–H groups in total. The van der Waals surface area contributed by atoms with Crippen molar-refractivity contribution in [3.8, 4) is 0 Å². The van der Waals surface area contributed by atoms with Crippen molar-refractivity contribution in [2.24, 2.45) is 11.7 Å². The van der Waals surface area contributed by atoms with Gasteiger partial charge in [-0.1, -0.05) is 36.8 Å². The maximum atomic E-state index is 5.84. The van der Waals surface area contributed by atoms with Crippen LogP contribution in [0.4, 0.5) is 5.69 Å². The molecule has 0 unspecified atom stereocenters. The normalized spacial score (nSPS) is 15.5. The highest BCUT2D eigenvalue weighted by Gasteiger charge is 2.20. The van der Waals surface area contributed by atoms with Crippen LogP contribution in [0.1, 0.15) is 24.8 Å². The van der Waals surface area contributed by atoms with E-state index in [1.54, 1.807) is 0 Å². The molecule has 0 amide bonds. The number of rotatable bonds is 4. The number of hydrogen-bond acceptors (Lipinski definition) is 2. The van der Waals surface area contributed by atoms with Crippen LogP contribution in [0.25, 0.3) is 10.8 Å². The monoisotopic (exact) mass is 254 g/mol. The van der Waals surface area contributed by atoms with Gasteiger partial charge in [0.1, 0.15) is 0 Å². The number of nitrogens with two attached hydrogens (primary N) is 1. The van der Waals surface area contributed by atoms with E-state index in [0.29, 0.717) is 6.54 Å². The summed E-state index contributed by atoms with van der Waals surface area (Å²) in [6.45, 7) is 1.78. The Morgan fingerprint density at radius 2 is 1.84 bits per heavy atom. The Balaban J connectivity index is 1.98. The van der Waals surface area contributed by atoms with E-state index in [2.05, 4.69) is 48.3 Å². The second-order valence-corrected chi connectivity index (χ2v) is 5.67. The van der Waals surface area contributed by atoms with Crippen LogP contribution < -0.4 is 10.6 Å². The summed E-state index contributed by atoms with van der Waals surface area (Å²) < 4.78 is 0. The zero-order valence-corrected chi connectivity index (χ0v) is 11.6. The fourth-order valence-corrected chi connectivity index (χ4v) is 3.02. The fraction of sp³-hybridized carbons (Fsp3) is 0.412. The van der Waals surface area contributed by atoms with E-state index >= 15 is 0 Å². The molecule has 0 radical (unpaired) electrons. The average molecular weight is 254 g/mol. The van der Waals surface area contributed by atoms with E-state index in [4.69, 9.17) is 5.73 Å². The maximum Gasteiger partial charge on any atom is 0.0443 e. The van der Waals surface area contributed by atoms with Crippen LogP contribution in [-0.2, 0) is 6.54 Å². The third kappa shape index (κ3) is 2.33. The first-order valence-electron chi connectivity index (χ1n) is 7.21. The molecule has 2 aromatic rings. The zero-order valence-electron chi connectivity index (χ0n) is 11.6. The summed E-state index contributed by atoms with van der Waals surface area (Å²) in [5.41, 5.74) is 8.41. The molecule has 0 heterocycles. The summed E-state index contributed by atoms with van der Waals surface area (Å²) in [5.74, 6) is 0.887. The molecule has 2 aromatic carbocycles. The lowest BCUT2D eigenvalue weighted by molar-refractivity contribution is 0.321. The van der Waals surface area contributed by atoms with Crippen LogP contribution in [-0.4, -0.2) is 13.6 Å². The molecule has 3 rings (SSSR count). The number of fused-ring (bicyclic) bond motifs is 1. The first-order chi connectivity index (χ1) is 9.29. The zero-order chi connectivity index (χ0) is 13.2. The summed E-state index contributed by atoms with van der Waals surface area (Å²) in [7, 11) is 2.21. The van der Waals surface area contributed by atoms with E-state index in [-0.39, 0.29) is 0 Å². The summed E-state index contributed by atoms with van der Waals surface area (Å²) in [6.07, 6.45) is 4.19. The minimum Gasteiger partial charge on any atom is -0.374 e. The number of hydrogen-bond donors (Lipinski definition) is 1. The van der Waals surface area contributed by atoms with Crippen LogP contribution in [0.15, 0.2) is 36.4 Å². The Bertz CT molecular complexity index is 572. The van der Waals surface area contributed by atoms with Gasteiger partial charge in [-0.05, 0) is 35.8 Å². The molecule has 100 valence electrons. The molecule has 0 atom stereocenters. The smallest absolute Gasteiger partial charge is 0.0443 e. The van der Waals surface area contributed by atoms with Crippen molar-refractivity contribution < 1.29 is 0 Å². The SMILES string of the molecule is CN(CC1CCC1)c1ccc(CN)c2ccccc12. The second kappa shape index (κ2) is 5.22. The van der Waals surface area contributed by atoms with Gasteiger partial charge in [0.05, 0.1) is 0 Å². The Hall–Kier alpha value is -1.54. The topological polar surface area (TPSA) is 29.3 Å². The van der Waals surface area contributed by atoms with Gasteiger partial charge < -0.3 is 10.6 Å². The van der Waals surface area contributed by atoms with Crippen molar-refractivity contribution in [1.82, 2.24) is 0 Å². The first-order valence-corrected chi connectivity index (χ1v) is 7.21. The van der Waals surface area contributed by atoms with Crippen LogP contribution in [0.3, 0.4) is 0 Å². The lowest BCUT2D eigenvalue weighted by atomic mass is 9.85. The fourth-order valence-electron chi connectivity index (χ4n) is 3.02. The van der Waals surface area contributed by atoms with Crippen molar-refractivity contribution in [1.29, 1.82) is 0 Å². The third-order valence-corrected chi connectivity index (χ3v) is 4.38. The largest absolute Gasteiger partial charge is 0.374 e. The molecular weight excluding hydrogens is 232 g/mol. The molecular formula is C17H22N2. The minimum atomic E-state index is 0.604. The van der Waals surface area contributed by atoms with Crippen LogP contribution >= 0.6 is 0 Å². The van der Waals surface area contributed by atoms with Crippen molar-refractivity contribution in [3.05, 3.63) is 42.0 Å². The Morgan fingerprint density at radius 1 is 1.11 bits per heavy atom. The molecule has 0 bridgehead atoms. The summed E-state index contributed by atoms with van der Waals surface area (Å²) in [6, 6.07) is 13.0. The van der Waals surface area contributed by atoms with Gasteiger partial charge in [0, 0.05) is 31.2 Å². The molecule has 1 fully saturated rings. The van der Waals surface area contributed by atoms with Gasteiger partial charge in [0.2, 0.25) is 0 Å². The second-order valence-electron chi connectivity index (χ2n) is 5.67. The predicted molar refractivity (Wildman–Crippen MR) is 82.5 cm³/mol. The molecule has 2 nitrogen and oxygen atoms in total. The van der Waals surface area contributed by atoms with Gasteiger partial charge in [0.15, 0.2) is 0 Å². The van der Waals surface area contributed by atoms with E-state index < -0.39 is 0 Å². The summed E-state index contributed by atoms with van der Waals surface area (Å²) in [5, 5.41) is 2.62. The molecule has 19 heavy (non-hydrogen) atoms. The molecule has 1 aliphatic carbocycles. The molecule has 0 saturated heterocycles. The van der Waals surface area contributed by atoms with Crippen LogP contribution in [0, 0.1) is 5.92 Å². The number of nitrogens with zero attached hydrogens (tertiary/aromatic N) is 1. The van der Waals surface area contributed by atoms with Crippen LogP contribution in [0.2, 0.25) is 0 Å². The van der Waals surface area contributed by atoms with Crippen molar-refractivity contribution in [2.45, 2.75) is 25.8 Å². The Kier molecular flexibility index (Phi) is 3.43. The third-order valence-electron chi connectivity index (χ3n) is 4.38. The average Bonchev–Trinajstić information content (AvgIpc) is 2.41. The molecule has 2 heteroatoms. The van der Waals surface area contributed by atoms with Crippen molar-refractivity contribution in [3.63, 3.8) is 0 Å². The van der Waals surface area contributed by atoms with Crippen LogP contribution in [0.5, 0.6) is 0 Å². The highest BCUT2D eigenvalue weighted by atomic mass is 15.1. The summed E-state index contributed by atoms with van der Waals surface area (Å²) in [4.78, 5) is 2.41. The molecule has 1 saturated carbocycles. The van der Waals surface area contributed by atoms with Gasteiger partial charge in [0.25, 0.3) is 0 Å².